The molecule has 6 heteroatoms. The van der Waals surface area contributed by atoms with Crippen LogP contribution < -0.4 is 0 Å². The van der Waals surface area contributed by atoms with Gasteiger partial charge in [-0.3, -0.25) is 4.79 Å². The van der Waals surface area contributed by atoms with Crippen molar-refractivity contribution in [2.24, 2.45) is 0 Å². The molecule has 1 aromatic heterocycles. The van der Waals surface area contributed by atoms with Crippen LogP contribution in [0.5, 0.6) is 0 Å². The van der Waals surface area contributed by atoms with Gasteiger partial charge in [0, 0.05) is 19.2 Å². The molecule has 0 aliphatic carbocycles. The van der Waals surface area contributed by atoms with E-state index in [0.29, 0.717) is 23.4 Å². The third-order valence-electron chi connectivity index (χ3n) is 5.66. The zero-order chi connectivity index (χ0) is 16.6. The van der Waals surface area contributed by atoms with Crippen molar-refractivity contribution in [3.63, 3.8) is 0 Å². The second kappa shape index (κ2) is 6.62. The Balaban J connectivity index is 1.44. The van der Waals surface area contributed by atoms with Gasteiger partial charge in [-0.15, -0.1) is 0 Å². The van der Waals surface area contributed by atoms with Crippen molar-refractivity contribution in [3.8, 4) is 0 Å². The van der Waals surface area contributed by atoms with Gasteiger partial charge in [0.2, 0.25) is 0 Å². The van der Waals surface area contributed by atoms with E-state index in [1.54, 1.807) is 18.2 Å². The molecule has 1 spiro atoms. The Labute approximate surface area is 147 Å². The molecule has 5 nitrogen and oxygen atoms in total. The highest BCUT2D eigenvalue weighted by Crippen LogP contribution is 2.37. The van der Waals surface area contributed by atoms with Crippen LogP contribution in [0.15, 0.2) is 18.2 Å². The maximum absolute atomic E-state index is 12.7. The lowest BCUT2D eigenvalue weighted by Crippen LogP contribution is -2.49. The van der Waals surface area contributed by atoms with Gasteiger partial charge in [-0.25, -0.2) is 4.98 Å². The predicted octanol–water partition coefficient (Wildman–Crippen LogP) is 2.59. The molecule has 0 N–H and O–H groups in total. The standard InChI is InChI=1S/C18H24ClN3O2/c19-16-5-3-4-15(20-16)17(23)22-10-7-18(13-22)12-14(6-11-24-18)21-8-1-2-9-21/h3-5,14H,1-2,6-13H2/t14-,18-/m1/s1. The van der Waals surface area contributed by atoms with Gasteiger partial charge in [0.25, 0.3) is 5.91 Å². The van der Waals surface area contributed by atoms with E-state index in [0.717, 1.165) is 32.4 Å². The van der Waals surface area contributed by atoms with Gasteiger partial charge in [0.15, 0.2) is 0 Å². The number of nitrogens with zero attached hydrogens (tertiary/aromatic N) is 3. The second-order valence-corrected chi connectivity index (χ2v) is 7.63. The van der Waals surface area contributed by atoms with E-state index in [1.807, 2.05) is 4.90 Å². The predicted molar refractivity (Wildman–Crippen MR) is 92.3 cm³/mol. The molecule has 4 rings (SSSR count). The van der Waals surface area contributed by atoms with E-state index >= 15 is 0 Å². The van der Waals surface area contributed by atoms with Crippen LogP contribution in [0.4, 0.5) is 0 Å². The largest absolute Gasteiger partial charge is 0.373 e. The van der Waals surface area contributed by atoms with Gasteiger partial charge in [0.1, 0.15) is 10.8 Å². The van der Waals surface area contributed by atoms with Gasteiger partial charge in [-0.05, 0) is 57.3 Å². The van der Waals surface area contributed by atoms with Crippen LogP contribution in [-0.4, -0.2) is 65.1 Å². The van der Waals surface area contributed by atoms with E-state index in [9.17, 15) is 4.79 Å². The summed E-state index contributed by atoms with van der Waals surface area (Å²) in [6.07, 6.45) is 5.71. The first-order valence-corrected chi connectivity index (χ1v) is 9.33. The summed E-state index contributed by atoms with van der Waals surface area (Å²) in [6, 6.07) is 5.80. The first-order valence-electron chi connectivity index (χ1n) is 8.95. The number of carbonyl (C=O) groups is 1. The number of pyridine rings is 1. The zero-order valence-electron chi connectivity index (χ0n) is 13.9. The summed E-state index contributed by atoms with van der Waals surface area (Å²) in [6.45, 7) is 4.65. The first-order chi connectivity index (χ1) is 11.7. The molecular weight excluding hydrogens is 326 g/mol. The van der Waals surface area contributed by atoms with E-state index in [-0.39, 0.29) is 11.5 Å². The third-order valence-corrected chi connectivity index (χ3v) is 5.87. The molecule has 0 aromatic carbocycles. The van der Waals surface area contributed by atoms with Gasteiger partial charge < -0.3 is 14.5 Å². The fourth-order valence-corrected chi connectivity index (χ4v) is 4.58. The van der Waals surface area contributed by atoms with Crippen LogP contribution in [-0.2, 0) is 4.74 Å². The molecule has 130 valence electrons. The summed E-state index contributed by atoms with van der Waals surface area (Å²) in [5.74, 6) is -0.0405. The molecule has 3 aliphatic rings. The van der Waals surface area contributed by atoms with E-state index in [1.165, 1.54) is 25.9 Å². The van der Waals surface area contributed by atoms with Crippen molar-refractivity contribution in [3.05, 3.63) is 29.0 Å². The van der Waals surface area contributed by atoms with Crippen LogP contribution >= 0.6 is 11.6 Å². The molecule has 0 unspecified atom stereocenters. The molecule has 4 heterocycles. The Hall–Kier alpha value is -1.17. The molecule has 0 bridgehead atoms. The topological polar surface area (TPSA) is 45.7 Å². The highest BCUT2D eigenvalue weighted by Gasteiger charge is 2.46. The summed E-state index contributed by atoms with van der Waals surface area (Å²) in [5, 5.41) is 0.359. The molecule has 1 amide bonds. The Morgan fingerprint density at radius 1 is 1.29 bits per heavy atom. The average Bonchev–Trinajstić information content (AvgIpc) is 3.25. The number of hydrogen-bond donors (Lipinski definition) is 0. The average molecular weight is 350 g/mol. The lowest BCUT2D eigenvalue weighted by Gasteiger charge is -2.41. The van der Waals surface area contributed by atoms with Crippen LogP contribution in [0.2, 0.25) is 5.15 Å². The number of amides is 1. The fourth-order valence-electron chi connectivity index (χ4n) is 4.41. The zero-order valence-corrected chi connectivity index (χ0v) is 14.7. The summed E-state index contributed by atoms with van der Waals surface area (Å²) in [7, 11) is 0. The molecule has 2 atom stereocenters. The SMILES string of the molecule is O=C(c1cccc(Cl)n1)N1CC[C@@]2(C[C@H](N3CCCC3)CCO2)C1. The van der Waals surface area contributed by atoms with E-state index in [4.69, 9.17) is 16.3 Å². The highest BCUT2D eigenvalue weighted by atomic mass is 35.5. The third kappa shape index (κ3) is 3.17. The number of carbonyl (C=O) groups excluding carboxylic acids is 1. The molecule has 3 fully saturated rings. The molecule has 0 saturated carbocycles. The maximum Gasteiger partial charge on any atom is 0.272 e. The van der Waals surface area contributed by atoms with Crippen molar-refractivity contribution in [2.45, 2.75) is 43.7 Å². The summed E-state index contributed by atoms with van der Waals surface area (Å²) >= 11 is 5.92. The van der Waals surface area contributed by atoms with E-state index < -0.39 is 0 Å². The number of ether oxygens (including phenoxy) is 1. The van der Waals surface area contributed by atoms with Crippen LogP contribution in [0.25, 0.3) is 0 Å². The number of likely N-dealkylation sites (tertiary alicyclic amines) is 2. The van der Waals surface area contributed by atoms with Crippen LogP contribution in [0.1, 0.15) is 42.6 Å². The Bertz CT molecular complexity index is 620. The minimum atomic E-state index is -0.167. The lowest BCUT2D eigenvalue weighted by molar-refractivity contribution is -0.0946. The number of aromatic nitrogens is 1. The number of rotatable bonds is 2. The molecule has 24 heavy (non-hydrogen) atoms. The first kappa shape index (κ1) is 16.3. The Kier molecular flexibility index (Phi) is 4.50. The molecule has 0 radical (unpaired) electrons. The van der Waals surface area contributed by atoms with Crippen molar-refractivity contribution in [2.75, 3.05) is 32.8 Å². The molecule has 1 aromatic rings. The molecular formula is C18H24ClN3O2. The minimum absolute atomic E-state index is 0.0405. The summed E-state index contributed by atoms with van der Waals surface area (Å²) in [4.78, 5) is 21.4. The molecule has 3 aliphatic heterocycles. The lowest BCUT2D eigenvalue weighted by atomic mass is 9.89. The normalized spacial score (nSPS) is 31.0. The Morgan fingerprint density at radius 3 is 2.92 bits per heavy atom. The monoisotopic (exact) mass is 349 g/mol. The quantitative estimate of drug-likeness (QED) is 0.770. The van der Waals surface area contributed by atoms with Gasteiger partial charge in [0.05, 0.1) is 12.1 Å². The summed E-state index contributed by atoms with van der Waals surface area (Å²) < 4.78 is 6.19. The minimum Gasteiger partial charge on any atom is -0.373 e. The number of halogens is 1. The maximum atomic E-state index is 12.7. The van der Waals surface area contributed by atoms with Crippen molar-refractivity contribution in [1.82, 2.24) is 14.8 Å². The Morgan fingerprint density at radius 2 is 2.12 bits per heavy atom. The van der Waals surface area contributed by atoms with Crippen molar-refractivity contribution >= 4 is 17.5 Å². The highest BCUT2D eigenvalue weighted by molar-refractivity contribution is 6.29. The summed E-state index contributed by atoms with van der Waals surface area (Å²) in [5.41, 5.74) is 0.256. The fraction of sp³-hybridized carbons (Fsp3) is 0.667. The smallest absolute Gasteiger partial charge is 0.272 e. The van der Waals surface area contributed by atoms with Crippen molar-refractivity contribution in [1.29, 1.82) is 0 Å². The second-order valence-electron chi connectivity index (χ2n) is 7.24. The van der Waals surface area contributed by atoms with Gasteiger partial charge in [-0.2, -0.15) is 0 Å². The van der Waals surface area contributed by atoms with Crippen molar-refractivity contribution < 1.29 is 9.53 Å². The van der Waals surface area contributed by atoms with E-state index in [2.05, 4.69) is 9.88 Å². The van der Waals surface area contributed by atoms with Crippen LogP contribution in [0, 0.1) is 0 Å². The van der Waals surface area contributed by atoms with Gasteiger partial charge >= 0.3 is 0 Å². The van der Waals surface area contributed by atoms with Gasteiger partial charge in [-0.1, -0.05) is 17.7 Å². The number of hydrogen-bond acceptors (Lipinski definition) is 4. The van der Waals surface area contributed by atoms with Crippen LogP contribution in [0.3, 0.4) is 0 Å². The molecule has 3 saturated heterocycles.